The molecule has 0 spiro atoms. The molecule has 90 valence electrons. The van der Waals surface area contributed by atoms with Crippen molar-refractivity contribution in [3.05, 3.63) is 41.7 Å². The van der Waals surface area contributed by atoms with Gasteiger partial charge in [0.2, 0.25) is 0 Å². The van der Waals surface area contributed by atoms with Gasteiger partial charge in [0.15, 0.2) is 0 Å². The Morgan fingerprint density at radius 3 is 2.94 bits per heavy atom. The maximum atomic E-state index is 10.5. The van der Waals surface area contributed by atoms with E-state index in [9.17, 15) is 4.79 Å². The van der Waals surface area contributed by atoms with E-state index in [1.165, 1.54) is 6.08 Å². The Bertz CT molecular complexity index is 450. The van der Waals surface area contributed by atoms with Crippen molar-refractivity contribution in [3.8, 4) is 5.75 Å². The Kier molecular flexibility index (Phi) is 4.94. The zero-order valence-electron chi connectivity index (χ0n) is 9.88. The molecule has 4 heteroatoms. The zero-order valence-corrected chi connectivity index (χ0v) is 9.88. The summed E-state index contributed by atoms with van der Waals surface area (Å²) in [6.07, 6.45) is 6.23. The number of carbonyl (C=O) groups is 1. The van der Waals surface area contributed by atoms with E-state index in [1.54, 1.807) is 6.07 Å². The van der Waals surface area contributed by atoms with Gasteiger partial charge >= 0.3 is 5.97 Å². The molecule has 1 N–H and O–H groups in total. The van der Waals surface area contributed by atoms with Gasteiger partial charge < -0.3 is 9.84 Å². The molecule has 0 aliphatic heterocycles. The third-order valence-corrected chi connectivity index (χ3v) is 1.98. The summed E-state index contributed by atoms with van der Waals surface area (Å²) in [5.74, 6) is -0.432. The number of hydrogen-bond donors (Lipinski definition) is 1. The number of aromatic nitrogens is 1. The van der Waals surface area contributed by atoms with Gasteiger partial charge in [-0.1, -0.05) is 12.2 Å². The number of aryl methyl sites for hydroxylation is 1. The molecule has 1 aromatic rings. The van der Waals surface area contributed by atoms with Crippen molar-refractivity contribution >= 4 is 12.0 Å². The average molecular weight is 233 g/mol. The molecule has 1 rings (SSSR count). The molecule has 0 saturated carbocycles. The zero-order chi connectivity index (χ0) is 12.7. The van der Waals surface area contributed by atoms with Gasteiger partial charge in [-0.15, -0.1) is 0 Å². The van der Waals surface area contributed by atoms with Crippen molar-refractivity contribution in [3.63, 3.8) is 0 Å². The number of allylic oxidation sites excluding steroid dienone is 1. The van der Waals surface area contributed by atoms with Gasteiger partial charge in [0.05, 0.1) is 0 Å². The predicted octanol–water partition coefficient (Wildman–Crippen LogP) is 2.44. The summed E-state index contributed by atoms with van der Waals surface area (Å²) in [6.45, 7) is 4.19. The Hall–Kier alpha value is -2.10. The van der Waals surface area contributed by atoms with Crippen LogP contribution in [0.15, 0.2) is 30.4 Å². The first-order valence-electron chi connectivity index (χ1n) is 5.26. The summed E-state index contributed by atoms with van der Waals surface area (Å²) in [5, 5.41) is 8.58. The predicted molar refractivity (Wildman–Crippen MR) is 66.0 cm³/mol. The van der Waals surface area contributed by atoms with Crippen LogP contribution in [-0.4, -0.2) is 22.7 Å². The molecule has 17 heavy (non-hydrogen) atoms. The molecule has 1 heterocycles. The third kappa shape index (κ3) is 4.51. The fourth-order valence-corrected chi connectivity index (χ4v) is 1.19. The minimum absolute atomic E-state index is 0.440. The van der Waals surface area contributed by atoms with Crippen LogP contribution in [0.2, 0.25) is 0 Å². The summed E-state index contributed by atoms with van der Waals surface area (Å²) in [5.41, 5.74) is 1.34. The van der Waals surface area contributed by atoms with Crippen molar-refractivity contribution in [1.82, 2.24) is 4.98 Å². The van der Waals surface area contributed by atoms with Crippen LogP contribution in [0.3, 0.4) is 0 Å². The largest absolute Gasteiger partial charge is 0.487 e. The van der Waals surface area contributed by atoms with Crippen LogP contribution < -0.4 is 4.74 Å². The lowest BCUT2D eigenvalue weighted by Crippen LogP contribution is -1.98. The van der Waals surface area contributed by atoms with Crippen LogP contribution in [0, 0.1) is 6.92 Å². The second kappa shape index (κ2) is 6.48. The Balaban J connectivity index is 2.91. The van der Waals surface area contributed by atoms with E-state index < -0.39 is 5.97 Å². The standard InChI is InChI=1S/C13H15NO3/c1-3-4-9-17-12-7-5-10(2)14-11(12)6-8-13(15)16/h3-8H,9H2,1-2H3,(H,15,16). The Morgan fingerprint density at radius 2 is 2.29 bits per heavy atom. The molecule has 0 radical (unpaired) electrons. The highest BCUT2D eigenvalue weighted by molar-refractivity contribution is 5.85. The van der Waals surface area contributed by atoms with E-state index in [0.29, 0.717) is 18.1 Å². The van der Waals surface area contributed by atoms with E-state index in [2.05, 4.69) is 4.98 Å². The van der Waals surface area contributed by atoms with E-state index in [0.717, 1.165) is 11.8 Å². The maximum Gasteiger partial charge on any atom is 0.328 e. The average Bonchev–Trinajstić information content (AvgIpc) is 2.29. The summed E-state index contributed by atoms with van der Waals surface area (Å²) >= 11 is 0. The number of aliphatic carboxylic acids is 1. The van der Waals surface area contributed by atoms with Gasteiger partial charge in [0.1, 0.15) is 18.1 Å². The number of carboxylic acid groups (broad SMARTS) is 1. The van der Waals surface area contributed by atoms with Crippen molar-refractivity contribution in [2.45, 2.75) is 13.8 Å². The topological polar surface area (TPSA) is 59.4 Å². The smallest absolute Gasteiger partial charge is 0.328 e. The van der Waals surface area contributed by atoms with Crippen molar-refractivity contribution in [2.75, 3.05) is 6.61 Å². The molecule has 0 amide bonds. The SMILES string of the molecule is CC=CCOc1ccc(C)nc1C=CC(=O)O. The quantitative estimate of drug-likeness (QED) is 0.626. The minimum atomic E-state index is -1.01. The fraction of sp³-hybridized carbons (Fsp3) is 0.231. The van der Waals surface area contributed by atoms with E-state index in [4.69, 9.17) is 9.84 Å². The normalized spacial score (nSPS) is 11.2. The first kappa shape index (κ1) is 13.0. The Labute approximate surface area is 100 Å². The lowest BCUT2D eigenvalue weighted by molar-refractivity contribution is -0.131. The van der Waals surface area contributed by atoms with Gasteiger partial charge in [-0.25, -0.2) is 9.78 Å². The van der Waals surface area contributed by atoms with Gasteiger partial charge in [0, 0.05) is 11.8 Å². The number of pyridine rings is 1. The van der Waals surface area contributed by atoms with Crippen molar-refractivity contribution in [2.24, 2.45) is 0 Å². The number of nitrogens with zero attached hydrogens (tertiary/aromatic N) is 1. The fourth-order valence-electron chi connectivity index (χ4n) is 1.19. The number of ether oxygens (including phenoxy) is 1. The van der Waals surface area contributed by atoms with Crippen LogP contribution in [0.1, 0.15) is 18.3 Å². The second-order valence-corrected chi connectivity index (χ2v) is 3.39. The van der Waals surface area contributed by atoms with Crippen LogP contribution >= 0.6 is 0 Å². The molecule has 0 aromatic carbocycles. The molecule has 0 bridgehead atoms. The lowest BCUT2D eigenvalue weighted by Gasteiger charge is -2.07. The molecule has 0 unspecified atom stereocenters. The summed E-state index contributed by atoms with van der Waals surface area (Å²) < 4.78 is 5.47. The van der Waals surface area contributed by atoms with Gasteiger partial charge in [0.25, 0.3) is 0 Å². The molecule has 4 nitrogen and oxygen atoms in total. The number of rotatable bonds is 5. The molecular weight excluding hydrogens is 218 g/mol. The molecule has 0 atom stereocenters. The molecular formula is C13H15NO3. The van der Waals surface area contributed by atoms with Crippen molar-refractivity contribution < 1.29 is 14.6 Å². The second-order valence-electron chi connectivity index (χ2n) is 3.39. The van der Waals surface area contributed by atoms with Gasteiger partial charge in [-0.2, -0.15) is 0 Å². The summed E-state index contributed by atoms with van der Waals surface area (Å²) in [7, 11) is 0. The first-order valence-corrected chi connectivity index (χ1v) is 5.26. The van der Waals surface area contributed by atoms with E-state index in [-0.39, 0.29) is 0 Å². The first-order chi connectivity index (χ1) is 8.13. The van der Waals surface area contributed by atoms with Crippen LogP contribution in [-0.2, 0) is 4.79 Å². The van der Waals surface area contributed by atoms with Crippen molar-refractivity contribution in [1.29, 1.82) is 0 Å². The molecule has 1 aromatic heterocycles. The van der Waals surface area contributed by atoms with Crippen LogP contribution in [0.4, 0.5) is 0 Å². The minimum Gasteiger partial charge on any atom is -0.487 e. The van der Waals surface area contributed by atoms with Gasteiger partial charge in [-0.3, -0.25) is 0 Å². The highest BCUT2D eigenvalue weighted by Crippen LogP contribution is 2.18. The highest BCUT2D eigenvalue weighted by atomic mass is 16.5. The molecule has 0 saturated heterocycles. The van der Waals surface area contributed by atoms with E-state index >= 15 is 0 Å². The highest BCUT2D eigenvalue weighted by Gasteiger charge is 2.02. The van der Waals surface area contributed by atoms with Crippen LogP contribution in [0.25, 0.3) is 6.08 Å². The summed E-state index contributed by atoms with van der Waals surface area (Å²) in [4.78, 5) is 14.7. The van der Waals surface area contributed by atoms with Crippen LogP contribution in [0.5, 0.6) is 5.75 Å². The number of carboxylic acids is 1. The third-order valence-electron chi connectivity index (χ3n) is 1.98. The molecule has 0 aliphatic carbocycles. The Morgan fingerprint density at radius 1 is 1.53 bits per heavy atom. The number of hydrogen-bond acceptors (Lipinski definition) is 3. The monoisotopic (exact) mass is 233 g/mol. The van der Waals surface area contributed by atoms with E-state index in [1.807, 2.05) is 32.1 Å². The lowest BCUT2D eigenvalue weighted by atomic mass is 10.2. The molecule has 0 aliphatic rings. The summed E-state index contributed by atoms with van der Waals surface area (Å²) in [6, 6.07) is 3.61. The van der Waals surface area contributed by atoms with Gasteiger partial charge in [-0.05, 0) is 32.1 Å². The maximum absolute atomic E-state index is 10.5. The molecule has 0 fully saturated rings.